The number of hydrogen-bond acceptors (Lipinski definition) is 4. The number of aromatic nitrogens is 1. The van der Waals surface area contributed by atoms with E-state index < -0.39 is 35.0 Å². The third-order valence-electron chi connectivity index (χ3n) is 4.06. The van der Waals surface area contributed by atoms with Gasteiger partial charge in [-0.2, -0.15) is 0 Å². The normalized spacial score (nSPS) is 16.2. The zero-order valence-electron chi connectivity index (χ0n) is 14.1. The van der Waals surface area contributed by atoms with Crippen LogP contribution in [0.2, 0.25) is 0 Å². The van der Waals surface area contributed by atoms with Crippen molar-refractivity contribution < 1.29 is 27.5 Å². The molecule has 0 saturated carbocycles. The van der Waals surface area contributed by atoms with Crippen LogP contribution in [0.1, 0.15) is 33.6 Å². The predicted molar refractivity (Wildman–Crippen MR) is 89.8 cm³/mol. The van der Waals surface area contributed by atoms with E-state index in [2.05, 4.69) is 15.6 Å². The number of rotatable bonds is 5. The second-order valence-electron chi connectivity index (χ2n) is 5.98. The maximum Gasteiger partial charge on any atom is 0.257 e. The summed E-state index contributed by atoms with van der Waals surface area (Å²) in [6.45, 7) is 1.01. The molecular weight excluding hydrogens is 363 g/mol. The van der Waals surface area contributed by atoms with Crippen LogP contribution in [0.5, 0.6) is 0 Å². The number of pyridine rings is 1. The summed E-state index contributed by atoms with van der Waals surface area (Å²) in [5, 5.41) is 4.82. The van der Waals surface area contributed by atoms with E-state index in [1.165, 1.54) is 18.5 Å². The molecule has 1 aliphatic rings. The number of ether oxygens (including phenoxy) is 1. The van der Waals surface area contributed by atoms with E-state index >= 15 is 0 Å². The highest BCUT2D eigenvalue weighted by Gasteiger charge is 2.19. The molecule has 3 rings (SSSR count). The monoisotopic (exact) mass is 379 g/mol. The van der Waals surface area contributed by atoms with Crippen molar-refractivity contribution in [1.29, 1.82) is 0 Å². The van der Waals surface area contributed by atoms with Gasteiger partial charge < -0.3 is 15.4 Å². The van der Waals surface area contributed by atoms with Gasteiger partial charge in [0, 0.05) is 25.5 Å². The number of anilines is 1. The quantitative estimate of drug-likeness (QED) is 0.783. The van der Waals surface area contributed by atoms with E-state index in [0.29, 0.717) is 19.2 Å². The number of carbonyl (C=O) groups is 2. The average Bonchev–Trinajstić information content (AvgIpc) is 3.20. The van der Waals surface area contributed by atoms with Crippen molar-refractivity contribution in [3.8, 4) is 0 Å². The topological polar surface area (TPSA) is 80.3 Å². The molecule has 0 spiro atoms. The second-order valence-corrected chi connectivity index (χ2v) is 5.98. The van der Waals surface area contributed by atoms with E-state index in [1.807, 2.05) is 0 Å². The van der Waals surface area contributed by atoms with Crippen LogP contribution in [-0.4, -0.2) is 36.1 Å². The number of carbonyl (C=O) groups excluding carboxylic acids is 2. The summed E-state index contributed by atoms with van der Waals surface area (Å²) in [6.07, 6.45) is 4.22. The van der Waals surface area contributed by atoms with Gasteiger partial charge >= 0.3 is 0 Å². The summed E-state index contributed by atoms with van der Waals surface area (Å²) >= 11 is 0. The number of amides is 2. The van der Waals surface area contributed by atoms with Gasteiger partial charge in [-0.3, -0.25) is 14.6 Å². The fraction of sp³-hybridized carbons (Fsp3) is 0.278. The van der Waals surface area contributed by atoms with Gasteiger partial charge in [0.1, 0.15) is 0 Å². The van der Waals surface area contributed by atoms with E-state index in [9.17, 15) is 22.8 Å². The van der Waals surface area contributed by atoms with Crippen LogP contribution in [0.15, 0.2) is 30.6 Å². The highest BCUT2D eigenvalue weighted by Crippen LogP contribution is 2.20. The Labute approximate surface area is 152 Å². The number of hydrogen-bond donors (Lipinski definition) is 2. The summed E-state index contributed by atoms with van der Waals surface area (Å²) in [5.74, 6) is -5.82. The molecule has 9 heteroatoms. The number of nitrogens with zero attached hydrogens (tertiary/aromatic N) is 1. The van der Waals surface area contributed by atoms with Crippen molar-refractivity contribution >= 4 is 17.5 Å². The Bertz CT molecular complexity index is 870. The lowest BCUT2D eigenvalue weighted by molar-refractivity contribution is 0.0857. The van der Waals surface area contributed by atoms with Crippen molar-refractivity contribution in [2.75, 3.05) is 18.5 Å². The molecule has 27 heavy (non-hydrogen) atoms. The minimum atomic E-state index is -1.69. The molecular formula is C18H16F3N3O3. The molecule has 1 saturated heterocycles. The lowest BCUT2D eigenvalue weighted by Gasteiger charge is -2.11. The Hall–Kier alpha value is -2.94. The molecule has 1 unspecified atom stereocenters. The van der Waals surface area contributed by atoms with Crippen molar-refractivity contribution in [3.05, 3.63) is 59.2 Å². The predicted octanol–water partition coefficient (Wildman–Crippen LogP) is 2.66. The number of halogens is 3. The Morgan fingerprint density at radius 1 is 1.11 bits per heavy atom. The third kappa shape index (κ3) is 4.43. The molecule has 1 aliphatic heterocycles. The highest BCUT2D eigenvalue weighted by atomic mass is 19.2. The molecule has 2 amide bonds. The molecule has 0 radical (unpaired) electrons. The van der Waals surface area contributed by atoms with Gasteiger partial charge in [0.15, 0.2) is 17.5 Å². The first-order valence-corrected chi connectivity index (χ1v) is 8.25. The van der Waals surface area contributed by atoms with E-state index in [0.717, 1.165) is 18.9 Å². The SMILES string of the molecule is O=C(NCC1CCCO1)c1cncc(C(=O)Nc2ccc(F)c(F)c2F)c1. The molecule has 1 atom stereocenters. The Balaban J connectivity index is 1.68. The van der Waals surface area contributed by atoms with Gasteiger partial charge in [0.05, 0.1) is 22.9 Å². The van der Waals surface area contributed by atoms with Crippen LogP contribution in [0, 0.1) is 17.5 Å². The first-order chi connectivity index (χ1) is 13.0. The van der Waals surface area contributed by atoms with Crippen molar-refractivity contribution in [3.63, 3.8) is 0 Å². The van der Waals surface area contributed by atoms with Gasteiger partial charge in [-0.05, 0) is 31.0 Å². The minimum Gasteiger partial charge on any atom is -0.376 e. The minimum absolute atomic E-state index is 0.0373. The first kappa shape index (κ1) is 18.8. The maximum atomic E-state index is 13.7. The first-order valence-electron chi connectivity index (χ1n) is 8.25. The van der Waals surface area contributed by atoms with Crippen LogP contribution in [0.25, 0.3) is 0 Å². The van der Waals surface area contributed by atoms with Gasteiger partial charge in [0.2, 0.25) is 0 Å². The van der Waals surface area contributed by atoms with Crippen LogP contribution >= 0.6 is 0 Å². The largest absolute Gasteiger partial charge is 0.376 e. The average molecular weight is 379 g/mol. The van der Waals surface area contributed by atoms with E-state index in [-0.39, 0.29) is 17.2 Å². The van der Waals surface area contributed by atoms with Crippen LogP contribution in [0.4, 0.5) is 18.9 Å². The fourth-order valence-electron chi connectivity index (χ4n) is 2.62. The lowest BCUT2D eigenvalue weighted by Crippen LogP contribution is -2.32. The maximum absolute atomic E-state index is 13.7. The van der Waals surface area contributed by atoms with Crippen molar-refractivity contribution in [2.24, 2.45) is 0 Å². The van der Waals surface area contributed by atoms with E-state index in [1.54, 1.807) is 0 Å². The summed E-state index contributed by atoms with van der Waals surface area (Å²) in [4.78, 5) is 28.2. The molecule has 2 N–H and O–H groups in total. The van der Waals surface area contributed by atoms with Crippen molar-refractivity contribution in [2.45, 2.75) is 18.9 Å². The molecule has 2 aromatic rings. The van der Waals surface area contributed by atoms with Crippen LogP contribution < -0.4 is 10.6 Å². The Morgan fingerprint density at radius 3 is 2.56 bits per heavy atom. The van der Waals surface area contributed by atoms with Crippen LogP contribution in [0.3, 0.4) is 0 Å². The zero-order chi connectivity index (χ0) is 19.4. The summed E-state index contributed by atoms with van der Waals surface area (Å²) in [6, 6.07) is 2.86. The molecule has 1 aromatic heterocycles. The number of nitrogens with one attached hydrogen (secondary N) is 2. The highest BCUT2D eigenvalue weighted by molar-refractivity contribution is 6.05. The Kier molecular flexibility index (Phi) is 5.70. The second kappa shape index (κ2) is 8.17. The molecule has 6 nitrogen and oxygen atoms in total. The van der Waals surface area contributed by atoms with Gasteiger partial charge in [-0.1, -0.05) is 0 Å². The van der Waals surface area contributed by atoms with Gasteiger partial charge in [-0.15, -0.1) is 0 Å². The summed E-state index contributed by atoms with van der Waals surface area (Å²) < 4.78 is 45.3. The Morgan fingerprint density at radius 2 is 1.85 bits per heavy atom. The smallest absolute Gasteiger partial charge is 0.257 e. The molecule has 2 heterocycles. The van der Waals surface area contributed by atoms with Gasteiger partial charge in [-0.25, -0.2) is 13.2 Å². The zero-order valence-corrected chi connectivity index (χ0v) is 14.1. The molecule has 142 valence electrons. The fourth-order valence-corrected chi connectivity index (χ4v) is 2.62. The molecule has 0 aliphatic carbocycles. The van der Waals surface area contributed by atoms with Gasteiger partial charge in [0.25, 0.3) is 11.8 Å². The third-order valence-corrected chi connectivity index (χ3v) is 4.06. The molecule has 1 fully saturated rings. The van der Waals surface area contributed by atoms with Crippen LogP contribution in [-0.2, 0) is 4.74 Å². The molecule has 0 bridgehead atoms. The standard InChI is InChI=1S/C18H16F3N3O3/c19-13-3-4-14(16(21)15(13)20)24-18(26)11-6-10(7-22-8-11)17(25)23-9-12-2-1-5-27-12/h3-4,6-8,12H,1-2,5,9H2,(H,23,25)(H,24,26). The number of benzene rings is 1. The molecule has 1 aromatic carbocycles. The van der Waals surface area contributed by atoms with Crippen molar-refractivity contribution in [1.82, 2.24) is 10.3 Å². The van der Waals surface area contributed by atoms with E-state index in [4.69, 9.17) is 4.74 Å². The lowest BCUT2D eigenvalue weighted by atomic mass is 10.1. The summed E-state index contributed by atoms with van der Waals surface area (Å²) in [5.41, 5.74) is -0.428. The summed E-state index contributed by atoms with van der Waals surface area (Å²) in [7, 11) is 0.